The molecular formula is C30H35N7OS2. The first-order chi connectivity index (χ1) is 19.4. The molecule has 40 heavy (non-hydrogen) atoms. The normalized spacial score (nSPS) is 12.1. The number of nitrogens with zero attached hydrogens (tertiary/aromatic N) is 2. The number of carbonyl (C=O) groups excluding carboxylic acids is 1. The average molecular weight is 574 g/mol. The van der Waals surface area contributed by atoms with E-state index in [0.29, 0.717) is 41.2 Å². The Morgan fingerprint density at radius 3 is 2.00 bits per heavy atom. The highest BCUT2D eigenvalue weighted by molar-refractivity contribution is 7.80. The largest absolute Gasteiger partial charge is 0.362 e. The molecule has 0 aliphatic rings. The highest BCUT2D eigenvalue weighted by Crippen LogP contribution is 2.36. The van der Waals surface area contributed by atoms with Crippen molar-refractivity contribution in [2.24, 2.45) is 10.2 Å². The smallest absolute Gasteiger partial charge is 0.220 e. The summed E-state index contributed by atoms with van der Waals surface area (Å²) in [5.74, 6) is 0.0297. The number of carbonyl (C=O) groups is 1. The van der Waals surface area contributed by atoms with Gasteiger partial charge in [0, 0.05) is 26.1 Å². The van der Waals surface area contributed by atoms with Gasteiger partial charge in [-0.3, -0.25) is 15.6 Å². The molecule has 0 saturated carbocycles. The monoisotopic (exact) mass is 573 g/mol. The topological polar surface area (TPSA) is 102 Å². The molecule has 4 aromatic rings. The molecule has 0 saturated heterocycles. The summed E-state index contributed by atoms with van der Waals surface area (Å²) in [4.78, 5) is 12.4. The SMILES string of the molecule is CCNC(=S)N/N=C(C)/C(C)=N/NC(=S)NCCNC(=O)CCCc1ccc2ccc3cccc4ccc1c2c34. The number of nitrogens with one attached hydrogen (secondary N) is 5. The maximum absolute atomic E-state index is 12.4. The molecule has 1 amide bonds. The molecule has 0 unspecified atom stereocenters. The molecule has 208 valence electrons. The molecule has 4 aromatic carbocycles. The highest BCUT2D eigenvalue weighted by atomic mass is 32.1. The predicted octanol–water partition coefficient (Wildman–Crippen LogP) is 4.72. The summed E-state index contributed by atoms with van der Waals surface area (Å²) in [5.41, 5.74) is 8.16. The lowest BCUT2D eigenvalue weighted by Crippen LogP contribution is -2.39. The van der Waals surface area contributed by atoms with Gasteiger partial charge in [0.2, 0.25) is 5.91 Å². The third-order valence-corrected chi connectivity index (χ3v) is 7.18. The van der Waals surface area contributed by atoms with Crippen LogP contribution in [0.2, 0.25) is 0 Å². The Morgan fingerprint density at radius 1 is 0.750 bits per heavy atom. The lowest BCUT2D eigenvalue weighted by molar-refractivity contribution is -0.121. The summed E-state index contributed by atoms with van der Waals surface area (Å²) in [5, 5.41) is 25.9. The lowest BCUT2D eigenvalue weighted by atomic mass is 9.90. The molecular weight excluding hydrogens is 539 g/mol. The Labute approximate surface area is 245 Å². The van der Waals surface area contributed by atoms with Crippen molar-refractivity contribution in [3.63, 3.8) is 0 Å². The van der Waals surface area contributed by atoms with Crippen molar-refractivity contribution in [3.8, 4) is 0 Å². The minimum Gasteiger partial charge on any atom is -0.362 e. The van der Waals surface area contributed by atoms with E-state index in [1.54, 1.807) is 0 Å². The summed E-state index contributed by atoms with van der Waals surface area (Å²) < 4.78 is 0. The van der Waals surface area contributed by atoms with E-state index in [2.05, 4.69) is 91.6 Å². The maximum Gasteiger partial charge on any atom is 0.220 e. The summed E-state index contributed by atoms with van der Waals surface area (Å²) in [6.07, 6.45) is 2.11. The van der Waals surface area contributed by atoms with E-state index in [0.717, 1.165) is 19.4 Å². The Hall–Kier alpha value is -3.89. The van der Waals surface area contributed by atoms with Crippen molar-refractivity contribution in [1.82, 2.24) is 26.8 Å². The molecule has 0 bridgehead atoms. The number of benzene rings is 4. The minimum absolute atomic E-state index is 0.0297. The van der Waals surface area contributed by atoms with Crippen LogP contribution in [0, 0.1) is 0 Å². The number of hydrazone groups is 2. The molecule has 4 rings (SSSR count). The number of rotatable bonds is 11. The first-order valence-electron chi connectivity index (χ1n) is 13.5. The number of hydrogen-bond acceptors (Lipinski definition) is 5. The minimum atomic E-state index is 0.0297. The zero-order chi connectivity index (χ0) is 28.5. The Morgan fingerprint density at radius 2 is 1.32 bits per heavy atom. The van der Waals surface area contributed by atoms with Gasteiger partial charge in [-0.15, -0.1) is 0 Å². The van der Waals surface area contributed by atoms with Crippen molar-refractivity contribution in [1.29, 1.82) is 0 Å². The third kappa shape index (κ3) is 7.40. The van der Waals surface area contributed by atoms with Crippen LogP contribution in [-0.2, 0) is 11.2 Å². The fraction of sp³-hybridized carbons (Fsp3) is 0.300. The van der Waals surface area contributed by atoms with Gasteiger partial charge in [-0.05, 0) is 95.9 Å². The van der Waals surface area contributed by atoms with Crippen LogP contribution in [-0.4, -0.2) is 47.2 Å². The van der Waals surface area contributed by atoms with Crippen LogP contribution in [0.25, 0.3) is 32.3 Å². The first-order valence-corrected chi connectivity index (χ1v) is 14.3. The van der Waals surface area contributed by atoms with Gasteiger partial charge in [0.15, 0.2) is 10.2 Å². The number of amides is 1. The standard InChI is InChI=1S/C30H35N7OS2/c1-4-31-29(39)36-34-19(2)20(3)35-37-30(40)33-18-17-32-26(38)10-6-7-21-11-12-24-14-13-22-8-5-9-23-15-16-25(21)28(24)27(22)23/h5,8-9,11-16H,4,6-7,10,17-18H2,1-3H3,(H,32,38)(H2,31,36,39)(H2,33,37,40)/b34-19+,35-20+. The predicted molar refractivity (Wildman–Crippen MR) is 175 cm³/mol. The van der Waals surface area contributed by atoms with Crippen LogP contribution in [0.5, 0.6) is 0 Å². The maximum atomic E-state index is 12.4. The van der Waals surface area contributed by atoms with Crippen molar-refractivity contribution >= 4 is 84.3 Å². The van der Waals surface area contributed by atoms with Crippen LogP contribution >= 0.6 is 24.4 Å². The fourth-order valence-electron chi connectivity index (χ4n) is 4.59. The van der Waals surface area contributed by atoms with Gasteiger partial charge < -0.3 is 16.0 Å². The number of aryl methyl sites for hydroxylation is 1. The van der Waals surface area contributed by atoms with Gasteiger partial charge in [0.25, 0.3) is 0 Å². The fourth-order valence-corrected chi connectivity index (χ4v) is 4.93. The van der Waals surface area contributed by atoms with E-state index < -0.39 is 0 Å². The molecule has 0 atom stereocenters. The molecule has 0 aliphatic carbocycles. The molecule has 10 heteroatoms. The Kier molecular flexibility index (Phi) is 10.2. The van der Waals surface area contributed by atoms with Crippen molar-refractivity contribution in [3.05, 3.63) is 60.2 Å². The van der Waals surface area contributed by atoms with E-state index in [9.17, 15) is 4.79 Å². The van der Waals surface area contributed by atoms with Gasteiger partial charge in [0.05, 0.1) is 11.4 Å². The van der Waals surface area contributed by atoms with Crippen molar-refractivity contribution in [2.75, 3.05) is 19.6 Å². The number of hydrogen-bond donors (Lipinski definition) is 5. The zero-order valence-electron chi connectivity index (χ0n) is 23.1. The van der Waals surface area contributed by atoms with Crippen LogP contribution in [0.15, 0.2) is 64.8 Å². The summed E-state index contributed by atoms with van der Waals surface area (Å²) >= 11 is 10.3. The van der Waals surface area contributed by atoms with Crippen LogP contribution < -0.4 is 26.8 Å². The third-order valence-electron chi connectivity index (χ3n) is 6.71. The van der Waals surface area contributed by atoms with E-state index in [1.807, 2.05) is 20.8 Å². The quantitative estimate of drug-likeness (QED) is 0.0582. The van der Waals surface area contributed by atoms with Crippen molar-refractivity contribution in [2.45, 2.75) is 40.0 Å². The second kappa shape index (κ2) is 14.0. The van der Waals surface area contributed by atoms with Gasteiger partial charge in [-0.25, -0.2) is 0 Å². The van der Waals surface area contributed by atoms with Gasteiger partial charge in [0.1, 0.15) is 0 Å². The first kappa shape index (κ1) is 29.1. The summed E-state index contributed by atoms with van der Waals surface area (Å²) in [6, 6.07) is 19.7. The van der Waals surface area contributed by atoms with Crippen LogP contribution in [0.4, 0.5) is 0 Å². The highest BCUT2D eigenvalue weighted by Gasteiger charge is 2.11. The van der Waals surface area contributed by atoms with E-state index in [1.165, 1.54) is 37.9 Å². The number of thiocarbonyl (C=S) groups is 2. The van der Waals surface area contributed by atoms with Crippen LogP contribution in [0.1, 0.15) is 39.2 Å². The molecule has 0 spiro atoms. The van der Waals surface area contributed by atoms with Gasteiger partial charge in [-0.2, -0.15) is 10.2 Å². The summed E-state index contributed by atoms with van der Waals surface area (Å²) in [7, 11) is 0. The van der Waals surface area contributed by atoms with E-state index in [4.69, 9.17) is 24.4 Å². The Bertz CT molecular complexity index is 1570. The van der Waals surface area contributed by atoms with Gasteiger partial charge in [-0.1, -0.05) is 54.6 Å². The van der Waals surface area contributed by atoms with E-state index in [-0.39, 0.29) is 5.91 Å². The molecule has 0 aromatic heterocycles. The second-order valence-corrected chi connectivity index (χ2v) is 10.3. The molecule has 0 heterocycles. The molecule has 0 fully saturated rings. The molecule has 5 N–H and O–H groups in total. The average Bonchev–Trinajstić information content (AvgIpc) is 2.96. The molecule has 0 radical (unpaired) electrons. The zero-order valence-corrected chi connectivity index (χ0v) is 24.7. The second-order valence-electron chi connectivity index (χ2n) is 9.52. The van der Waals surface area contributed by atoms with Crippen LogP contribution in [0.3, 0.4) is 0 Å². The molecule has 8 nitrogen and oxygen atoms in total. The molecule has 0 aliphatic heterocycles. The Balaban J connectivity index is 1.18. The van der Waals surface area contributed by atoms with Crippen molar-refractivity contribution < 1.29 is 4.79 Å². The van der Waals surface area contributed by atoms with Gasteiger partial charge >= 0.3 is 0 Å². The summed E-state index contributed by atoms with van der Waals surface area (Å²) in [6.45, 7) is 7.27. The lowest BCUT2D eigenvalue weighted by Gasteiger charge is -2.14. The van der Waals surface area contributed by atoms with E-state index >= 15 is 0 Å².